The van der Waals surface area contributed by atoms with Crippen LogP contribution in [0, 0.1) is 6.92 Å². The van der Waals surface area contributed by atoms with Crippen LogP contribution in [0.1, 0.15) is 32.1 Å². The molecule has 3 aromatic rings. The molecule has 1 aromatic carbocycles. The Kier molecular flexibility index (Phi) is 6.68. The lowest BCUT2D eigenvalue weighted by Gasteiger charge is -2.27. The number of aromatic nitrogens is 2. The summed E-state index contributed by atoms with van der Waals surface area (Å²) in [6.45, 7) is 10.3. The number of amides is 1. The Balaban J connectivity index is 1.69. The monoisotopic (exact) mass is 488 g/mol. The van der Waals surface area contributed by atoms with Gasteiger partial charge in [0.05, 0.1) is 12.5 Å². The number of fused-ring (bicyclic) bond motifs is 1. The zero-order valence-electron chi connectivity index (χ0n) is 19.6. The SMILES string of the molecule is COc1ccc(-c2c(C)sc3nc(Cl)nc(N4CCCN(C(=O)OC(C)(C)C)CC4)c23)cc1. The van der Waals surface area contributed by atoms with Crippen molar-refractivity contribution in [1.82, 2.24) is 14.9 Å². The van der Waals surface area contributed by atoms with Crippen molar-refractivity contribution in [1.29, 1.82) is 0 Å². The van der Waals surface area contributed by atoms with E-state index in [9.17, 15) is 4.79 Å². The van der Waals surface area contributed by atoms with E-state index < -0.39 is 5.60 Å². The molecule has 4 rings (SSSR count). The second kappa shape index (κ2) is 9.35. The Bertz CT molecular complexity index is 1160. The number of nitrogens with zero attached hydrogens (tertiary/aromatic N) is 4. The number of carbonyl (C=O) groups excluding carboxylic acids is 1. The molecule has 1 saturated heterocycles. The van der Waals surface area contributed by atoms with Crippen LogP contribution in [-0.4, -0.2) is 59.9 Å². The number of thiophene rings is 1. The fourth-order valence-electron chi connectivity index (χ4n) is 4.04. The molecule has 1 fully saturated rings. The minimum atomic E-state index is -0.517. The summed E-state index contributed by atoms with van der Waals surface area (Å²) in [6.07, 6.45) is 0.532. The minimum Gasteiger partial charge on any atom is -0.497 e. The summed E-state index contributed by atoms with van der Waals surface area (Å²) < 4.78 is 10.9. The van der Waals surface area contributed by atoms with Gasteiger partial charge in [0.25, 0.3) is 0 Å². The van der Waals surface area contributed by atoms with Crippen molar-refractivity contribution in [3.8, 4) is 16.9 Å². The van der Waals surface area contributed by atoms with Crippen LogP contribution in [0.15, 0.2) is 24.3 Å². The lowest BCUT2D eigenvalue weighted by molar-refractivity contribution is 0.0263. The minimum absolute atomic E-state index is 0.230. The second-order valence-electron chi connectivity index (χ2n) is 9.07. The molecule has 1 aliphatic heterocycles. The van der Waals surface area contributed by atoms with Gasteiger partial charge in [-0.15, -0.1) is 11.3 Å². The molecular weight excluding hydrogens is 460 g/mol. The Morgan fingerprint density at radius 2 is 1.82 bits per heavy atom. The fraction of sp³-hybridized carbons (Fsp3) is 0.458. The number of ether oxygens (including phenoxy) is 2. The Morgan fingerprint density at radius 1 is 1.09 bits per heavy atom. The van der Waals surface area contributed by atoms with Gasteiger partial charge < -0.3 is 19.3 Å². The van der Waals surface area contributed by atoms with Gasteiger partial charge in [-0.25, -0.2) is 9.78 Å². The van der Waals surface area contributed by atoms with E-state index in [1.165, 1.54) is 0 Å². The first-order valence-corrected chi connectivity index (χ1v) is 12.2. The molecule has 7 nitrogen and oxygen atoms in total. The summed E-state index contributed by atoms with van der Waals surface area (Å²) in [7, 11) is 1.66. The first-order valence-electron chi connectivity index (χ1n) is 11.0. The van der Waals surface area contributed by atoms with E-state index in [4.69, 9.17) is 21.1 Å². The van der Waals surface area contributed by atoms with Gasteiger partial charge in [-0.3, -0.25) is 0 Å². The molecular formula is C24H29ClN4O3S. The van der Waals surface area contributed by atoms with Crippen molar-refractivity contribution in [3.05, 3.63) is 34.4 Å². The number of hydrogen-bond donors (Lipinski definition) is 0. The van der Waals surface area contributed by atoms with Gasteiger partial charge in [-0.2, -0.15) is 4.98 Å². The molecule has 0 bridgehead atoms. The van der Waals surface area contributed by atoms with Gasteiger partial charge in [0.2, 0.25) is 5.28 Å². The molecule has 2 aromatic heterocycles. The molecule has 0 aliphatic carbocycles. The zero-order chi connectivity index (χ0) is 23.8. The summed E-state index contributed by atoms with van der Waals surface area (Å²) in [5.41, 5.74) is 1.67. The van der Waals surface area contributed by atoms with Crippen molar-refractivity contribution in [2.45, 2.75) is 39.7 Å². The van der Waals surface area contributed by atoms with Gasteiger partial charge >= 0.3 is 6.09 Å². The summed E-state index contributed by atoms with van der Waals surface area (Å²) >= 11 is 7.95. The van der Waals surface area contributed by atoms with Crippen LogP contribution in [0.2, 0.25) is 5.28 Å². The summed E-state index contributed by atoms with van der Waals surface area (Å²) in [5, 5.41) is 1.23. The zero-order valence-corrected chi connectivity index (χ0v) is 21.2. The number of rotatable bonds is 3. The number of hydrogen-bond acceptors (Lipinski definition) is 7. The third-order valence-corrected chi connectivity index (χ3v) is 6.68. The van der Waals surface area contributed by atoms with Gasteiger partial charge in [-0.1, -0.05) is 12.1 Å². The molecule has 0 spiro atoms. The Labute approximate surface area is 203 Å². The molecule has 176 valence electrons. The Hall–Kier alpha value is -2.58. The average Bonchev–Trinajstić information content (AvgIpc) is 2.92. The number of benzene rings is 1. The number of anilines is 1. The summed E-state index contributed by atoms with van der Waals surface area (Å²) in [4.78, 5) is 27.8. The van der Waals surface area contributed by atoms with E-state index in [-0.39, 0.29) is 11.4 Å². The topological polar surface area (TPSA) is 67.8 Å². The quantitative estimate of drug-likeness (QED) is 0.435. The molecule has 9 heteroatoms. The third-order valence-electron chi connectivity index (χ3n) is 5.51. The van der Waals surface area contributed by atoms with Crippen LogP contribution < -0.4 is 9.64 Å². The van der Waals surface area contributed by atoms with Gasteiger partial charge in [-0.05, 0) is 63.4 Å². The summed E-state index contributed by atoms with van der Waals surface area (Å²) in [6, 6.07) is 8.02. The van der Waals surface area contributed by atoms with Gasteiger partial charge in [0, 0.05) is 36.6 Å². The average molecular weight is 489 g/mol. The van der Waals surface area contributed by atoms with E-state index in [1.54, 1.807) is 23.3 Å². The highest BCUT2D eigenvalue weighted by Crippen LogP contribution is 2.42. The van der Waals surface area contributed by atoms with Gasteiger partial charge in [0.1, 0.15) is 22.0 Å². The summed E-state index contributed by atoms with van der Waals surface area (Å²) in [5.74, 6) is 1.62. The Morgan fingerprint density at radius 3 is 2.48 bits per heavy atom. The first-order chi connectivity index (χ1) is 15.7. The van der Waals surface area contributed by atoms with E-state index in [2.05, 4.69) is 33.9 Å². The maximum atomic E-state index is 12.6. The molecule has 0 radical (unpaired) electrons. The van der Waals surface area contributed by atoms with Crippen LogP contribution in [0.25, 0.3) is 21.3 Å². The van der Waals surface area contributed by atoms with Crippen LogP contribution in [0.4, 0.5) is 10.6 Å². The smallest absolute Gasteiger partial charge is 0.410 e. The van der Waals surface area contributed by atoms with E-state index in [1.807, 2.05) is 32.9 Å². The predicted molar refractivity (Wildman–Crippen MR) is 134 cm³/mol. The van der Waals surface area contributed by atoms with E-state index in [0.29, 0.717) is 19.6 Å². The van der Waals surface area contributed by atoms with Crippen molar-refractivity contribution < 1.29 is 14.3 Å². The normalized spacial score (nSPS) is 15.0. The molecule has 1 amide bonds. The van der Waals surface area contributed by atoms with Crippen LogP contribution in [0.3, 0.4) is 0 Å². The maximum Gasteiger partial charge on any atom is 0.410 e. The number of methoxy groups -OCH3 is 1. The van der Waals surface area contributed by atoms with E-state index in [0.717, 1.165) is 50.8 Å². The van der Waals surface area contributed by atoms with Gasteiger partial charge in [0.15, 0.2) is 0 Å². The lowest BCUT2D eigenvalue weighted by Crippen LogP contribution is -2.39. The molecule has 0 saturated carbocycles. The lowest BCUT2D eigenvalue weighted by atomic mass is 10.0. The first kappa shape index (κ1) is 23.6. The predicted octanol–water partition coefficient (Wildman–Crippen LogP) is 5.78. The number of carbonyl (C=O) groups is 1. The molecule has 0 atom stereocenters. The van der Waals surface area contributed by atoms with Crippen molar-refractivity contribution in [2.24, 2.45) is 0 Å². The van der Waals surface area contributed by atoms with Crippen molar-refractivity contribution in [3.63, 3.8) is 0 Å². The maximum absolute atomic E-state index is 12.6. The fourth-order valence-corrected chi connectivity index (χ4v) is 5.29. The standard InChI is InChI=1S/C24H29ClN4O3S/c1-15-18(16-7-9-17(31-5)10-8-16)19-20(26-22(25)27-21(19)33-15)28-11-6-12-29(14-13-28)23(30)32-24(2,3)4/h7-10H,6,11-14H2,1-5H3. The van der Waals surface area contributed by atoms with Crippen LogP contribution in [-0.2, 0) is 4.74 Å². The van der Waals surface area contributed by atoms with E-state index >= 15 is 0 Å². The third kappa shape index (κ3) is 5.17. The van der Waals surface area contributed by atoms with Crippen LogP contribution in [0.5, 0.6) is 5.75 Å². The molecule has 0 N–H and O–H groups in total. The highest BCUT2D eigenvalue weighted by atomic mass is 35.5. The largest absolute Gasteiger partial charge is 0.497 e. The molecule has 1 aliphatic rings. The second-order valence-corrected chi connectivity index (χ2v) is 10.6. The van der Waals surface area contributed by atoms with Crippen LogP contribution >= 0.6 is 22.9 Å². The number of aryl methyl sites for hydroxylation is 1. The van der Waals surface area contributed by atoms with Crippen molar-refractivity contribution in [2.75, 3.05) is 38.2 Å². The highest BCUT2D eigenvalue weighted by Gasteiger charge is 2.27. The highest BCUT2D eigenvalue weighted by molar-refractivity contribution is 7.19. The molecule has 33 heavy (non-hydrogen) atoms. The molecule has 3 heterocycles. The molecule has 0 unspecified atom stereocenters. The van der Waals surface area contributed by atoms with Crippen molar-refractivity contribution >= 4 is 45.1 Å². The number of halogens is 1.